The first-order chi connectivity index (χ1) is 12.7. The zero-order chi connectivity index (χ0) is 17.9. The topological polar surface area (TPSA) is 87.7 Å². The average Bonchev–Trinajstić information content (AvgIpc) is 3.18. The number of pyridine rings is 1. The summed E-state index contributed by atoms with van der Waals surface area (Å²) < 4.78 is 0. The number of aromatic amines is 1. The van der Waals surface area contributed by atoms with Crippen molar-refractivity contribution < 1.29 is 4.79 Å². The maximum Gasteiger partial charge on any atom is 0.271 e. The number of hydrogen-bond donors (Lipinski definition) is 1. The molecule has 1 amide bonds. The molecule has 1 fully saturated rings. The van der Waals surface area contributed by atoms with Gasteiger partial charge in [0, 0.05) is 48.9 Å². The van der Waals surface area contributed by atoms with Crippen molar-refractivity contribution in [2.24, 2.45) is 0 Å². The lowest BCUT2D eigenvalue weighted by Gasteiger charge is -2.32. The van der Waals surface area contributed by atoms with Gasteiger partial charge in [0.15, 0.2) is 0 Å². The lowest BCUT2D eigenvalue weighted by atomic mass is 9.94. The molecule has 7 nitrogen and oxygen atoms in total. The highest BCUT2D eigenvalue weighted by Crippen LogP contribution is 2.26. The minimum absolute atomic E-state index is 0.0249. The first-order valence-corrected chi connectivity index (χ1v) is 8.75. The summed E-state index contributed by atoms with van der Waals surface area (Å²) in [4.78, 5) is 27.6. The predicted octanol–water partition coefficient (Wildman–Crippen LogP) is 2.59. The SMILES string of the molecule is Cc1nccc([C@H]2CCCN(C(=O)c3cc(-c4cccnc4)n[nH]3)C2)n1. The Morgan fingerprint density at radius 1 is 1.31 bits per heavy atom. The van der Waals surface area contributed by atoms with Crippen LogP contribution in [0.15, 0.2) is 42.9 Å². The number of hydrogen-bond acceptors (Lipinski definition) is 5. The molecule has 3 aromatic rings. The normalized spacial score (nSPS) is 17.3. The van der Waals surface area contributed by atoms with E-state index in [0.717, 1.165) is 42.2 Å². The Labute approximate surface area is 151 Å². The maximum absolute atomic E-state index is 12.9. The fraction of sp³-hybridized carbons (Fsp3) is 0.316. The standard InChI is InChI=1S/C19H20N6O/c1-13-21-8-6-16(22-13)15-5-3-9-25(12-15)19(26)18-10-17(23-24-18)14-4-2-7-20-11-14/h2,4,6-8,10-11,15H,3,5,9,12H2,1H3,(H,23,24)/t15-/m0/s1. The van der Waals surface area contributed by atoms with Crippen LogP contribution in [-0.4, -0.2) is 49.0 Å². The van der Waals surface area contributed by atoms with E-state index in [0.29, 0.717) is 12.2 Å². The summed E-state index contributed by atoms with van der Waals surface area (Å²) in [5.74, 6) is 0.985. The number of likely N-dealkylation sites (tertiary alicyclic amines) is 1. The van der Waals surface area contributed by atoms with Gasteiger partial charge in [-0.3, -0.25) is 14.9 Å². The Kier molecular flexibility index (Phi) is 4.43. The van der Waals surface area contributed by atoms with Gasteiger partial charge >= 0.3 is 0 Å². The molecule has 26 heavy (non-hydrogen) atoms. The third-order valence-electron chi connectivity index (χ3n) is 4.69. The number of carbonyl (C=O) groups excluding carboxylic acids is 1. The molecule has 1 aliphatic heterocycles. The van der Waals surface area contributed by atoms with E-state index in [-0.39, 0.29) is 11.8 Å². The summed E-state index contributed by atoms with van der Waals surface area (Å²) in [6.07, 6.45) is 7.23. The molecule has 0 aromatic carbocycles. The maximum atomic E-state index is 12.9. The van der Waals surface area contributed by atoms with Gasteiger partial charge in [0.25, 0.3) is 5.91 Å². The van der Waals surface area contributed by atoms with Crippen molar-refractivity contribution in [2.75, 3.05) is 13.1 Å². The number of aryl methyl sites for hydroxylation is 1. The van der Waals surface area contributed by atoms with E-state index in [1.54, 1.807) is 24.7 Å². The van der Waals surface area contributed by atoms with Crippen LogP contribution >= 0.6 is 0 Å². The Hall–Kier alpha value is -3.09. The number of carbonyl (C=O) groups is 1. The van der Waals surface area contributed by atoms with Crippen molar-refractivity contribution in [1.29, 1.82) is 0 Å². The summed E-state index contributed by atoms with van der Waals surface area (Å²) in [5, 5.41) is 7.13. The van der Waals surface area contributed by atoms with E-state index in [4.69, 9.17) is 0 Å². The third kappa shape index (κ3) is 3.33. The van der Waals surface area contributed by atoms with Crippen molar-refractivity contribution in [1.82, 2.24) is 30.0 Å². The van der Waals surface area contributed by atoms with Crippen molar-refractivity contribution in [3.05, 3.63) is 60.1 Å². The number of aromatic nitrogens is 5. The number of amides is 1. The largest absolute Gasteiger partial charge is 0.337 e. The van der Waals surface area contributed by atoms with Crippen LogP contribution < -0.4 is 0 Å². The molecule has 7 heteroatoms. The van der Waals surface area contributed by atoms with Crippen LogP contribution in [0.2, 0.25) is 0 Å². The smallest absolute Gasteiger partial charge is 0.271 e. The molecule has 0 spiro atoms. The number of nitrogens with one attached hydrogen (secondary N) is 1. The van der Waals surface area contributed by atoms with Crippen LogP contribution in [0.25, 0.3) is 11.3 Å². The predicted molar refractivity (Wildman–Crippen MR) is 96.5 cm³/mol. The van der Waals surface area contributed by atoms with Crippen molar-refractivity contribution in [2.45, 2.75) is 25.7 Å². The van der Waals surface area contributed by atoms with E-state index in [2.05, 4.69) is 25.1 Å². The highest BCUT2D eigenvalue weighted by atomic mass is 16.2. The number of rotatable bonds is 3. The molecule has 4 heterocycles. The van der Waals surface area contributed by atoms with Crippen LogP contribution in [0.1, 0.15) is 40.8 Å². The Morgan fingerprint density at radius 3 is 3.04 bits per heavy atom. The minimum atomic E-state index is -0.0249. The molecule has 1 N–H and O–H groups in total. The molecule has 3 aromatic heterocycles. The third-order valence-corrected chi connectivity index (χ3v) is 4.69. The fourth-order valence-electron chi connectivity index (χ4n) is 3.37. The molecule has 0 unspecified atom stereocenters. The van der Waals surface area contributed by atoms with E-state index >= 15 is 0 Å². The molecule has 132 valence electrons. The van der Waals surface area contributed by atoms with Gasteiger partial charge in [-0.1, -0.05) is 0 Å². The zero-order valence-electron chi connectivity index (χ0n) is 14.6. The van der Waals surface area contributed by atoms with Gasteiger partial charge in [0.1, 0.15) is 11.5 Å². The van der Waals surface area contributed by atoms with Crippen LogP contribution in [-0.2, 0) is 0 Å². The molecular formula is C19H20N6O. The number of nitrogens with zero attached hydrogens (tertiary/aromatic N) is 5. The zero-order valence-corrected chi connectivity index (χ0v) is 14.6. The lowest BCUT2D eigenvalue weighted by Crippen LogP contribution is -2.39. The van der Waals surface area contributed by atoms with Gasteiger partial charge < -0.3 is 4.90 Å². The summed E-state index contributed by atoms with van der Waals surface area (Å²) in [6.45, 7) is 3.30. The average molecular weight is 348 g/mol. The molecule has 1 aliphatic rings. The molecule has 1 saturated heterocycles. The van der Waals surface area contributed by atoms with Gasteiger partial charge in [-0.25, -0.2) is 9.97 Å². The van der Waals surface area contributed by atoms with Crippen molar-refractivity contribution >= 4 is 5.91 Å². The van der Waals surface area contributed by atoms with Gasteiger partial charge in [0.2, 0.25) is 0 Å². The van der Waals surface area contributed by atoms with E-state index in [1.807, 2.05) is 30.0 Å². The van der Waals surface area contributed by atoms with E-state index in [9.17, 15) is 4.79 Å². The van der Waals surface area contributed by atoms with E-state index < -0.39 is 0 Å². The molecule has 0 saturated carbocycles. The Morgan fingerprint density at radius 2 is 2.23 bits per heavy atom. The second-order valence-electron chi connectivity index (χ2n) is 6.53. The quantitative estimate of drug-likeness (QED) is 0.786. The number of piperidine rings is 1. The molecule has 1 atom stereocenters. The van der Waals surface area contributed by atoms with Crippen LogP contribution in [0.3, 0.4) is 0 Å². The van der Waals surface area contributed by atoms with Crippen LogP contribution in [0, 0.1) is 6.92 Å². The number of H-pyrrole nitrogens is 1. The summed E-state index contributed by atoms with van der Waals surface area (Å²) in [7, 11) is 0. The van der Waals surface area contributed by atoms with Gasteiger partial charge in [0.05, 0.1) is 5.69 Å². The van der Waals surface area contributed by atoms with Crippen LogP contribution in [0.4, 0.5) is 0 Å². The first-order valence-electron chi connectivity index (χ1n) is 8.75. The monoisotopic (exact) mass is 348 g/mol. The summed E-state index contributed by atoms with van der Waals surface area (Å²) >= 11 is 0. The fourth-order valence-corrected chi connectivity index (χ4v) is 3.37. The Balaban J connectivity index is 1.50. The van der Waals surface area contributed by atoms with Crippen LogP contribution in [0.5, 0.6) is 0 Å². The molecular weight excluding hydrogens is 328 g/mol. The molecule has 4 rings (SSSR count). The highest BCUT2D eigenvalue weighted by molar-refractivity contribution is 5.93. The molecule has 0 aliphatic carbocycles. The van der Waals surface area contributed by atoms with Gasteiger partial charge in [-0.15, -0.1) is 0 Å². The van der Waals surface area contributed by atoms with E-state index in [1.165, 1.54) is 0 Å². The van der Waals surface area contributed by atoms with Gasteiger partial charge in [-0.05, 0) is 44.0 Å². The van der Waals surface area contributed by atoms with Crippen molar-refractivity contribution in [3.8, 4) is 11.3 Å². The second-order valence-corrected chi connectivity index (χ2v) is 6.53. The summed E-state index contributed by atoms with van der Waals surface area (Å²) in [5.41, 5.74) is 3.12. The summed E-state index contributed by atoms with van der Waals surface area (Å²) in [6, 6.07) is 7.51. The molecule has 0 bridgehead atoms. The first kappa shape index (κ1) is 16.4. The highest BCUT2D eigenvalue weighted by Gasteiger charge is 2.27. The van der Waals surface area contributed by atoms with Gasteiger partial charge in [-0.2, -0.15) is 5.10 Å². The second kappa shape index (κ2) is 7.03. The Bertz CT molecular complexity index is 907. The lowest BCUT2D eigenvalue weighted by molar-refractivity contribution is 0.0700. The molecule has 0 radical (unpaired) electrons. The van der Waals surface area contributed by atoms with Crippen molar-refractivity contribution in [3.63, 3.8) is 0 Å². The minimum Gasteiger partial charge on any atom is -0.337 e.